The summed E-state index contributed by atoms with van der Waals surface area (Å²) in [6.07, 6.45) is 1.56. The third kappa shape index (κ3) is 3.91. The quantitative estimate of drug-likeness (QED) is 0.747. The maximum absolute atomic E-state index is 11.9. The topological polar surface area (TPSA) is 77.5 Å². The first kappa shape index (κ1) is 16.0. The van der Waals surface area contributed by atoms with Crippen LogP contribution in [0.15, 0.2) is 51.6 Å². The van der Waals surface area contributed by atoms with Crippen LogP contribution in [0.1, 0.15) is 16.8 Å². The number of hydrogen-bond acceptors (Lipinski definition) is 5. The van der Waals surface area contributed by atoms with Gasteiger partial charge in [-0.05, 0) is 49.2 Å². The van der Waals surface area contributed by atoms with E-state index in [4.69, 9.17) is 13.7 Å². The maximum atomic E-state index is 11.9. The lowest BCUT2D eigenvalue weighted by molar-refractivity contribution is -0.121. The average molecular weight is 326 g/mol. The number of benzene rings is 1. The minimum absolute atomic E-state index is 0.0597. The SMILES string of the molecule is Cc1ccc(NC(=O)COCc2cc(-c3ccco3)on2)cc1C. The fourth-order valence-electron chi connectivity index (χ4n) is 2.18. The Labute approximate surface area is 139 Å². The van der Waals surface area contributed by atoms with Gasteiger partial charge in [0.1, 0.15) is 12.3 Å². The predicted octanol–water partition coefficient (Wildman–Crippen LogP) is 3.71. The number of rotatable bonds is 6. The second-order valence-corrected chi connectivity index (χ2v) is 5.50. The molecule has 0 aliphatic carbocycles. The van der Waals surface area contributed by atoms with E-state index >= 15 is 0 Å². The summed E-state index contributed by atoms with van der Waals surface area (Å²) in [6.45, 7) is 4.15. The Hall–Kier alpha value is -2.86. The molecule has 0 radical (unpaired) electrons. The summed E-state index contributed by atoms with van der Waals surface area (Å²) < 4.78 is 15.8. The van der Waals surface area contributed by atoms with Crippen LogP contribution in [0.2, 0.25) is 0 Å². The molecule has 2 heterocycles. The Morgan fingerprint density at radius 1 is 1.17 bits per heavy atom. The highest BCUT2D eigenvalue weighted by Gasteiger charge is 2.10. The van der Waals surface area contributed by atoms with Crippen LogP contribution >= 0.6 is 0 Å². The van der Waals surface area contributed by atoms with Gasteiger partial charge in [0.15, 0.2) is 5.76 Å². The van der Waals surface area contributed by atoms with Crippen molar-refractivity contribution in [1.29, 1.82) is 0 Å². The van der Waals surface area contributed by atoms with E-state index < -0.39 is 0 Å². The lowest BCUT2D eigenvalue weighted by Crippen LogP contribution is -2.18. The van der Waals surface area contributed by atoms with E-state index in [1.165, 1.54) is 5.56 Å². The first-order valence-electron chi connectivity index (χ1n) is 7.56. The second-order valence-electron chi connectivity index (χ2n) is 5.50. The number of nitrogens with one attached hydrogen (secondary N) is 1. The first-order valence-corrected chi connectivity index (χ1v) is 7.56. The molecule has 0 unspecified atom stereocenters. The minimum atomic E-state index is -0.215. The van der Waals surface area contributed by atoms with Crippen molar-refractivity contribution in [2.75, 3.05) is 11.9 Å². The number of ether oxygens (including phenoxy) is 1. The molecule has 124 valence electrons. The molecule has 24 heavy (non-hydrogen) atoms. The fraction of sp³-hybridized carbons (Fsp3) is 0.222. The normalized spacial score (nSPS) is 10.8. The van der Waals surface area contributed by atoms with Gasteiger partial charge in [-0.1, -0.05) is 11.2 Å². The first-order chi connectivity index (χ1) is 11.6. The Morgan fingerprint density at radius 3 is 2.79 bits per heavy atom. The summed E-state index contributed by atoms with van der Waals surface area (Å²) in [4.78, 5) is 11.9. The molecule has 0 spiro atoms. The van der Waals surface area contributed by atoms with Crippen LogP contribution in [-0.4, -0.2) is 17.7 Å². The van der Waals surface area contributed by atoms with E-state index in [9.17, 15) is 4.79 Å². The zero-order valence-corrected chi connectivity index (χ0v) is 13.5. The predicted molar refractivity (Wildman–Crippen MR) is 88.4 cm³/mol. The number of amides is 1. The average Bonchev–Trinajstić information content (AvgIpc) is 3.22. The molecule has 6 nitrogen and oxygen atoms in total. The molecule has 0 aliphatic rings. The van der Waals surface area contributed by atoms with Crippen LogP contribution < -0.4 is 5.32 Å². The van der Waals surface area contributed by atoms with Crippen LogP contribution in [0.5, 0.6) is 0 Å². The zero-order valence-electron chi connectivity index (χ0n) is 13.5. The fourth-order valence-corrected chi connectivity index (χ4v) is 2.18. The van der Waals surface area contributed by atoms with Crippen molar-refractivity contribution in [3.05, 3.63) is 59.5 Å². The highest BCUT2D eigenvalue weighted by atomic mass is 16.5. The number of aromatic nitrogens is 1. The van der Waals surface area contributed by atoms with Crippen molar-refractivity contribution in [3.8, 4) is 11.5 Å². The molecular weight excluding hydrogens is 308 g/mol. The van der Waals surface area contributed by atoms with Crippen LogP contribution in [0.3, 0.4) is 0 Å². The number of nitrogens with zero attached hydrogens (tertiary/aromatic N) is 1. The number of carbonyl (C=O) groups excluding carboxylic acids is 1. The van der Waals surface area contributed by atoms with Crippen molar-refractivity contribution in [2.24, 2.45) is 0 Å². The summed E-state index contributed by atoms with van der Waals surface area (Å²) in [5, 5.41) is 6.68. The van der Waals surface area contributed by atoms with Gasteiger partial charge >= 0.3 is 0 Å². The minimum Gasteiger partial charge on any atom is -0.461 e. The van der Waals surface area contributed by atoms with Gasteiger partial charge in [-0.15, -0.1) is 0 Å². The largest absolute Gasteiger partial charge is 0.461 e. The van der Waals surface area contributed by atoms with Gasteiger partial charge in [0.05, 0.1) is 12.9 Å². The van der Waals surface area contributed by atoms with Gasteiger partial charge in [-0.3, -0.25) is 4.79 Å². The zero-order chi connectivity index (χ0) is 16.9. The van der Waals surface area contributed by atoms with Gasteiger partial charge in [0.25, 0.3) is 0 Å². The molecular formula is C18H18N2O4. The van der Waals surface area contributed by atoms with Crippen molar-refractivity contribution in [2.45, 2.75) is 20.5 Å². The van der Waals surface area contributed by atoms with E-state index in [0.717, 1.165) is 11.3 Å². The van der Waals surface area contributed by atoms with Crippen molar-refractivity contribution < 1.29 is 18.5 Å². The monoisotopic (exact) mass is 326 g/mol. The maximum Gasteiger partial charge on any atom is 0.250 e. The number of furan rings is 1. The summed E-state index contributed by atoms with van der Waals surface area (Å²) in [7, 11) is 0. The molecule has 0 saturated carbocycles. The van der Waals surface area contributed by atoms with E-state index in [-0.39, 0.29) is 19.1 Å². The molecule has 2 aromatic heterocycles. The van der Waals surface area contributed by atoms with Gasteiger partial charge in [-0.2, -0.15) is 0 Å². The van der Waals surface area contributed by atoms with Gasteiger partial charge in [-0.25, -0.2) is 0 Å². The Balaban J connectivity index is 1.47. The molecule has 1 amide bonds. The van der Waals surface area contributed by atoms with Crippen molar-refractivity contribution >= 4 is 11.6 Å². The molecule has 3 aromatic rings. The standard InChI is InChI=1S/C18H18N2O4/c1-12-5-6-14(8-13(12)2)19-18(21)11-22-10-15-9-17(24-20-15)16-4-3-7-23-16/h3-9H,10-11H2,1-2H3,(H,19,21). The van der Waals surface area contributed by atoms with Crippen LogP contribution in [0.4, 0.5) is 5.69 Å². The van der Waals surface area contributed by atoms with E-state index in [2.05, 4.69) is 10.5 Å². The second kappa shape index (κ2) is 7.14. The molecule has 0 bridgehead atoms. The highest BCUT2D eigenvalue weighted by Crippen LogP contribution is 2.20. The summed E-state index contributed by atoms with van der Waals surface area (Å²) >= 11 is 0. The molecule has 1 N–H and O–H groups in total. The third-order valence-electron chi connectivity index (χ3n) is 3.60. The number of carbonyl (C=O) groups is 1. The Bertz CT molecular complexity index is 821. The van der Waals surface area contributed by atoms with E-state index in [0.29, 0.717) is 17.2 Å². The summed E-state index contributed by atoms with van der Waals surface area (Å²) in [5.74, 6) is 0.910. The third-order valence-corrected chi connectivity index (χ3v) is 3.60. The number of anilines is 1. The lowest BCUT2D eigenvalue weighted by Gasteiger charge is -2.07. The number of aryl methyl sites for hydroxylation is 2. The van der Waals surface area contributed by atoms with Crippen molar-refractivity contribution in [3.63, 3.8) is 0 Å². The Kier molecular flexibility index (Phi) is 4.77. The van der Waals surface area contributed by atoms with Gasteiger partial charge in [0.2, 0.25) is 11.7 Å². The van der Waals surface area contributed by atoms with Crippen molar-refractivity contribution in [1.82, 2.24) is 5.16 Å². The Morgan fingerprint density at radius 2 is 2.04 bits per heavy atom. The number of hydrogen-bond donors (Lipinski definition) is 1. The van der Waals surface area contributed by atoms with Crippen LogP contribution in [0.25, 0.3) is 11.5 Å². The molecule has 0 saturated heterocycles. The highest BCUT2D eigenvalue weighted by molar-refractivity contribution is 5.91. The molecule has 3 rings (SSSR count). The summed E-state index contributed by atoms with van der Waals surface area (Å²) in [6, 6.07) is 11.0. The molecule has 1 aromatic carbocycles. The molecule has 0 fully saturated rings. The van der Waals surface area contributed by atoms with E-state index in [1.807, 2.05) is 32.0 Å². The van der Waals surface area contributed by atoms with Crippen LogP contribution in [0, 0.1) is 13.8 Å². The van der Waals surface area contributed by atoms with Gasteiger partial charge in [0, 0.05) is 11.8 Å². The molecule has 0 atom stereocenters. The van der Waals surface area contributed by atoms with E-state index in [1.54, 1.807) is 24.5 Å². The van der Waals surface area contributed by atoms with Gasteiger partial charge < -0.3 is 19.0 Å². The lowest BCUT2D eigenvalue weighted by atomic mass is 10.1. The smallest absolute Gasteiger partial charge is 0.250 e. The molecule has 0 aliphatic heterocycles. The molecule has 6 heteroatoms. The summed E-state index contributed by atoms with van der Waals surface area (Å²) in [5.41, 5.74) is 3.66. The van der Waals surface area contributed by atoms with Crippen LogP contribution in [-0.2, 0) is 16.1 Å².